The van der Waals surface area contributed by atoms with E-state index in [-0.39, 0.29) is 23.5 Å². The zero-order valence-corrected chi connectivity index (χ0v) is 18.9. The molecule has 6 nitrogen and oxygen atoms in total. The molecule has 170 valence electrons. The Morgan fingerprint density at radius 2 is 1.91 bits per heavy atom. The third kappa shape index (κ3) is 3.92. The van der Waals surface area contributed by atoms with Crippen LogP contribution in [0, 0.1) is 12.7 Å². The lowest BCUT2D eigenvalue weighted by Crippen LogP contribution is -2.29. The first-order valence-corrected chi connectivity index (χ1v) is 11.0. The van der Waals surface area contributed by atoms with Gasteiger partial charge in [0.2, 0.25) is 0 Å². The van der Waals surface area contributed by atoms with Crippen molar-refractivity contribution in [3.63, 3.8) is 0 Å². The molecule has 3 heterocycles. The summed E-state index contributed by atoms with van der Waals surface area (Å²) in [5.74, 6) is -0.0567. The lowest BCUT2D eigenvalue weighted by molar-refractivity contribution is 0.0696. The summed E-state index contributed by atoms with van der Waals surface area (Å²) >= 11 is 5.67. The minimum atomic E-state index is -0.978. The molecule has 1 saturated heterocycles. The Balaban J connectivity index is 1.58. The number of carboxylic acid groups (broad SMARTS) is 1. The maximum absolute atomic E-state index is 13.6. The third-order valence-electron chi connectivity index (χ3n) is 5.86. The number of aromatic nitrogens is 1. The highest BCUT2D eigenvalue weighted by Gasteiger charge is 2.42. The highest BCUT2D eigenvalue weighted by molar-refractivity contribution is 7.80. The van der Waals surface area contributed by atoms with Crippen LogP contribution in [0.15, 0.2) is 83.4 Å². The van der Waals surface area contributed by atoms with E-state index in [4.69, 9.17) is 16.6 Å². The number of nitrogens with one attached hydrogen (secondary N) is 1. The Bertz CT molecular complexity index is 1370. The van der Waals surface area contributed by atoms with Crippen LogP contribution in [0.3, 0.4) is 0 Å². The number of carbonyl (C=O) groups is 1. The van der Waals surface area contributed by atoms with Crippen molar-refractivity contribution in [3.05, 3.63) is 107 Å². The Kier molecular flexibility index (Phi) is 5.59. The summed E-state index contributed by atoms with van der Waals surface area (Å²) in [6.45, 7) is 1.84. The molecule has 0 radical (unpaired) electrons. The van der Waals surface area contributed by atoms with Crippen LogP contribution in [-0.2, 0) is 0 Å². The van der Waals surface area contributed by atoms with Crippen LogP contribution < -0.4 is 10.2 Å². The van der Waals surface area contributed by atoms with Gasteiger partial charge in [-0.05, 0) is 85.4 Å². The van der Waals surface area contributed by atoms with Gasteiger partial charge in [-0.15, -0.1) is 0 Å². The van der Waals surface area contributed by atoms with Crippen LogP contribution in [0.25, 0.3) is 11.3 Å². The molecule has 4 aromatic rings. The van der Waals surface area contributed by atoms with Gasteiger partial charge in [0.05, 0.1) is 17.3 Å². The Hall–Kier alpha value is -4.04. The van der Waals surface area contributed by atoms with Crippen LogP contribution in [-0.4, -0.2) is 21.2 Å². The fraction of sp³-hybridized carbons (Fsp3) is 0.115. The molecule has 0 spiro atoms. The smallest absolute Gasteiger partial charge is 0.335 e. The Labute approximate surface area is 200 Å². The number of anilines is 1. The van der Waals surface area contributed by atoms with Gasteiger partial charge in [0.25, 0.3) is 0 Å². The van der Waals surface area contributed by atoms with Crippen molar-refractivity contribution >= 4 is 29.0 Å². The van der Waals surface area contributed by atoms with Crippen LogP contribution >= 0.6 is 12.2 Å². The topological polar surface area (TPSA) is 78.6 Å². The maximum atomic E-state index is 13.6. The predicted molar refractivity (Wildman–Crippen MR) is 130 cm³/mol. The quantitative estimate of drug-likeness (QED) is 0.362. The number of hydrogen-bond donors (Lipinski definition) is 2. The highest BCUT2D eigenvalue weighted by atomic mass is 32.1. The van der Waals surface area contributed by atoms with Gasteiger partial charge in [-0.2, -0.15) is 0 Å². The van der Waals surface area contributed by atoms with Crippen LogP contribution in [0.2, 0.25) is 0 Å². The number of furan rings is 1. The van der Waals surface area contributed by atoms with Crippen molar-refractivity contribution in [1.29, 1.82) is 0 Å². The van der Waals surface area contributed by atoms with Gasteiger partial charge in [-0.25, -0.2) is 9.18 Å². The zero-order valence-electron chi connectivity index (χ0n) is 18.1. The molecule has 0 saturated carbocycles. The summed E-state index contributed by atoms with van der Waals surface area (Å²) in [6.07, 6.45) is 1.72. The zero-order chi connectivity index (χ0) is 23.8. The monoisotopic (exact) mass is 473 g/mol. The summed E-state index contributed by atoms with van der Waals surface area (Å²) in [7, 11) is 0. The van der Waals surface area contributed by atoms with Crippen molar-refractivity contribution in [1.82, 2.24) is 10.3 Å². The van der Waals surface area contributed by atoms with Crippen LogP contribution in [0.5, 0.6) is 0 Å². The maximum Gasteiger partial charge on any atom is 0.335 e. The molecule has 2 N–H and O–H groups in total. The second-order valence-corrected chi connectivity index (χ2v) is 8.40. The van der Waals surface area contributed by atoms with Gasteiger partial charge in [0.1, 0.15) is 23.4 Å². The molecule has 0 unspecified atom stereocenters. The van der Waals surface area contributed by atoms with Gasteiger partial charge < -0.3 is 19.7 Å². The number of halogens is 1. The molecule has 0 bridgehead atoms. The number of nitrogens with zero attached hydrogens (tertiary/aromatic N) is 2. The van der Waals surface area contributed by atoms with E-state index in [9.17, 15) is 14.3 Å². The summed E-state index contributed by atoms with van der Waals surface area (Å²) in [5, 5.41) is 13.1. The molecule has 1 aliphatic heterocycles. The first-order chi connectivity index (χ1) is 16.4. The van der Waals surface area contributed by atoms with E-state index in [1.807, 2.05) is 42.2 Å². The van der Waals surface area contributed by atoms with Gasteiger partial charge in [0, 0.05) is 17.4 Å². The van der Waals surface area contributed by atoms with Crippen LogP contribution in [0.4, 0.5) is 10.1 Å². The normalized spacial score (nSPS) is 17.6. The second-order valence-electron chi connectivity index (χ2n) is 8.01. The number of pyridine rings is 1. The number of aryl methyl sites for hydroxylation is 1. The predicted octanol–water partition coefficient (Wildman–Crippen LogP) is 5.66. The summed E-state index contributed by atoms with van der Waals surface area (Å²) in [6, 6.07) is 19.8. The van der Waals surface area contributed by atoms with Crippen LogP contribution in [0.1, 0.15) is 39.5 Å². The van der Waals surface area contributed by atoms with Gasteiger partial charge >= 0.3 is 5.97 Å². The van der Waals surface area contributed by atoms with Crippen molar-refractivity contribution in [2.24, 2.45) is 0 Å². The second kappa shape index (κ2) is 8.72. The molecule has 5 rings (SSSR count). The third-order valence-corrected chi connectivity index (χ3v) is 6.17. The number of benzene rings is 2. The summed E-state index contributed by atoms with van der Waals surface area (Å²) in [5.41, 5.74) is 3.32. The Morgan fingerprint density at radius 1 is 1.12 bits per heavy atom. The van der Waals surface area contributed by atoms with E-state index in [2.05, 4.69) is 10.3 Å². The van der Waals surface area contributed by atoms with E-state index in [1.165, 1.54) is 12.1 Å². The average Bonchev–Trinajstić information content (AvgIpc) is 3.44. The number of aromatic carboxylic acids is 1. The first kappa shape index (κ1) is 21.8. The van der Waals surface area contributed by atoms with Gasteiger partial charge in [-0.3, -0.25) is 4.98 Å². The molecule has 8 heteroatoms. The number of carboxylic acids is 1. The molecule has 2 aromatic carbocycles. The van der Waals surface area contributed by atoms with Gasteiger partial charge in [-0.1, -0.05) is 12.1 Å². The van der Waals surface area contributed by atoms with E-state index < -0.39 is 5.97 Å². The lowest BCUT2D eigenvalue weighted by Gasteiger charge is -2.26. The molecule has 1 fully saturated rings. The first-order valence-electron chi connectivity index (χ1n) is 10.6. The molecule has 0 amide bonds. The largest absolute Gasteiger partial charge is 0.478 e. The van der Waals surface area contributed by atoms with E-state index in [1.54, 1.807) is 36.5 Å². The fourth-order valence-electron chi connectivity index (χ4n) is 4.25. The molecule has 0 aliphatic carbocycles. The molecular formula is C26H20FN3O3S. The Morgan fingerprint density at radius 3 is 2.59 bits per heavy atom. The van der Waals surface area contributed by atoms with E-state index in [0.29, 0.717) is 16.6 Å². The van der Waals surface area contributed by atoms with E-state index in [0.717, 1.165) is 22.5 Å². The molecule has 1 aliphatic rings. The fourth-order valence-corrected chi connectivity index (χ4v) is 4.60. The standard InChI is InChI=1S/C26H20FN3O3S/c1-15-14-16(25(31)32)5-10-19(15)21-11-12-22(33-21)24-23(20-4-2-3-13-28-20)29-26(34)30(24)18-8-6-17(27)7-9-18/h2-14,23-24H,1H3,(H,29,34)(H,31,32)/t23-,24+/m1/s1. The number of thiocarbonyl (C=S) groups is 1. The van der Waals surface area contributed by atoms with Crippen molar-refractivity contribution in [2.45, 2.75) is 19.0 Å². The number of hydrogen-bond acceptors (Lipinski definition) is 4. The molecule has 2 aromatic heterocycles. The average molecular weight is 474 g/mol. The minimum absolute atomic E-state index is 0.219. The molecule has 34 heavy (non-hydrogen) atoms. The highest BCUT2D eigenvalue weighted by Crippen LogP contribution is 2.43. The molecular weight excluding hydrogens is 453 g/mol. The SMILES string of the molecule is Cc1cc(C(=O)O)ccc1-c1ccc([C@H]2[C@@H](c3ccccn3)NC(=S)N2c2ccc(F)cc2)o1. The van der Waals surface area contributed by atoms with Gasteiger partial charge in [0.15, 0.2) is 5.11 Å². The van der Waals surface area contributed by atoms with Crippen molar-refractivity contribution in [3.8, 4) is 11.3 Å². The van der Waals surface area contributed by atoms with Crippen molar-refractivity contribution in [2.75, 3.05) is 4.90 Å². The summed E-state index contributed by atoms with van der Waals surface area (Å²) < 4.78 is 19.9. The van der Waals surface area contributed by atoms with Crippen molar-refractivity contribution < 1.29 is 18.7 Å². The lowest BCUT2D eigenvalue weighted by atomic mass is 10.0. The molecule has 2 atom stereocenters. The minimum Gasteiger partial charge on any atom is -0.478 e. The number of rotatable bonds is 5. The summed E-state index contributed by atoms with van der Waals surface area (Å²) in [4.78, 5) is 17.7. The van der Waals surface area contributed by atoms with E-state index >= 15 is 0 Å².